The molecule has 0 spiro atoms. The Labute approximate surface area is 124 Å². The summed E-state index contributed by atoms with van der Waals surface area (Å²) in [6.07, 6.45) is 5.01. The Morgan fingerprint density at radius 1 is 1.48 bits per heavy atom. The molecule has 21 heavy (non-hydrogen) atoms. The first-order valence-electron chi connectivity index (χ1n) is 7.78. The minimum Gasteiger partial charge on any atom is -0.376 e. The Morgan fingerprint density at radius 2 is 2.33 bits per heavy atom. The van der Waals surface area contributed by atoms with E-state index in [0.717, 1.165) is 50.0 Å². The van der Waals surface area contributed by atoms with E-state index in [0.29, 0.717) is 12.5 Å². The third-order valence-corrected chi connectivity index (χ3v) is 4.43. The van der Waals surface area contributed by atoms with Crippen LogP contribution in [0, 0.1) is 5.92 Å². The topological polar surface area (TPSA) is 71.2 Å². The molecule has 3 rings (SSSR count). The summed E-state index contributed by atoms with van der Waals surface area (Å²) in [5, 5.41) is 2.82. The molecule has 0 radical (unpaired) electrons. The first kappa shape index (κ1) is 14.3. The van der Waals surface area contributed by atoms with Crippen LogP contribution in [-0.2, 0) is 17.6 Å². The highest BCUT2D eigenvalue weighted by molar-refractivity contribution is 5.94. The monoisotopic (exact) mass is 290 g/mol. The second-order valence-electron chi connectivity index (χ2n) is 6.21. The van der Waals surface area contributed by atoms with Gasteiger partial charge in [0.25, 0.3) is 11.5 Å². The minimum atomic E-state index is -0.298. The lowest BCUT2D eigenvalue weighted by atomic mass is 9.87. The van der Waals surface area contributed by atoms with Gasteiger partial charge in [-0.15, -0.1) is 0 Å². The molecule has 0 bridgehead atoms. The number of amides is 1. The lowest BCUT2D eigenvalue weighted by molar-refractivity contribution is 0.0856. The van der Waals surface area contributed by atoms with Crippen LogP contribution in [0.4, 0.5) is 0 Å². The average molecular weight is 290 g/mol. The first-order valence-corrected chi connectivity index (χ1v) is 7.78. The lowest BCUT2D eigenvalue weighted by Crippen LogP contribution is -2.35. The Kier molecular flexibility index (Phi) is 4.10. The van der Waals surface area contributed by atoms with Gasteiger partial charge in [-0.05, 0) is 49.7 Å². The SMILES string of the molecule is C[C@@H]1CCc2[nH]c(=O)c(C(=O)NC[C@@H]3CCCO3)cc2C1. The van der Waals surface area contributed by atoms with Crippen molar-refractivity contribution in [1.82, 2.24) is 10.3 Å². The summed E-state index contributed by atoms with van der Waals surface area (Å²) in [6.45, 7) is 3.44. The molecule has 1 aromatic heterocycles. The number of hydrogen-bond donors (Lipinski definition) is 2. The Morgan fingerprint density at radius 3 is 3.10 bits per heavy atom. The van der Waals surface area contributed by atoms with E-state index in [2.05, 4.69) is 17.2 Å². The van der Waals surface area contributed by atoms with Crippen molar-refractivity contribution in [2.24, 2.45) is 5.92 Å². The van der Waals surface area contributed by atoms with Crippen molar-refractivity contribution in [2.45, 2.75) is 45.1 Å². The van der Waals surface area contributed by atoms with E-state index in [1.807, 2.05) is 0 Å². The summed E-state index contributed by atoms with van der Waals surface area (Å²) in [5.74, 6) is 0.305. The molecule has 2 heterocycles. The van der Waals surface area contributed by atoms with E-state index in [-0.39, 0.29) is 23.1 Å². The van der Waals surface area contributed by atoms with Gasteiger partial charge in [-0.1, -0.05) is 6.92 Å². The molecule has 5 heteroatoms. The predicted octanol–water partition coefficient (Wildman–Crippen LogP) is 1.41. The molecule has 0 aromatic carbocycles. The second-order valence-corrected chi connectivity index (χ2v) is 6.21. The number of aryl methyl sites for hydroxylation is 1. The van der Waals surface area contributed by atoms with Crippen molar-refractivity contribution < 1.29 is 9.53 Å². The third-order valence-electron chi connectivity index (χ3n) is 4.43. The van der Waals surface area contributed by atoms with Gasteiger partial charge in [-0.2, -0.15) is 0 Å². The Balaban J connectivity index is 1.73. The molecule has 2 atom stereocenters. The van der Waals surface area contributed by atoms with Gasteiger partial charge in [0.2, 0.25) is 0 Å². The van der Waals surface area contributed by atoms with Gasteiger partial charge in [0.15, 0.2) is 0 Å². The highest BCUT2D eigenvalue weighted by atomic mass is 16.5. The van der Waals surface area contributed by atoms with Crippen molar-refractivity contribution in [1.29, 1.82) is 0 Å². The van der Waals surface area contributed by atoms with Crippen molar-refractivity contribution in [2.75, 3.05) is 13.2 Å². The van der Waals surface area contributed by atoms with Crippen LogP contribution >= 0.6 is 0 Å². The van der Waals surface area contributed by atoms with Gasteiger partial charge >= 0.3 is 0 Å². The van der Waals surface area contributed by atoms with E-state index in [4.69, 9.17) is 4.74 Å². The van der Waals surface area contributed by atoms with E-state index >= 15 is 0 Å². The average Bonchev–Trinajstić information content (AvgIpc) is 2.98. The number of carbonyl (C=O) groups is 1. The van der Waals surface area contributed by atoms with Gasteiger partial charge in [0.1, 0.15) is 5.56 Å². The summed E-state index contributed by atoms with van der Waals surface area (Å²) in [7, 11) is 0. The number of aromatic nitrogens is 1. The quantitative estimate of drug-likeness (QED) is 0.884. The summed E-state index contributed by atoms with van der Waals surface area (Å²) in [5.41, 5.74) is 2.04. The smallest absolute Gasteiger partial charge is 0.261 e. The first-order chi connectivity index (χ1) is 10.1. The molecule has 1 fully saturated rings. The maximum atomic E-state index is 12.2. The number of rotatable bonds is 3. The lowest BCUT2D eigenvalue weighted by Gasteiger charge is -2.21. The molecular formula is C16H22N2O3. The van der Waals surface area contributed by atoms with Gasteiger partial charge in [-0.3, -0.25) is 9.59 Å². The van der Waals surface area contributed by atoms with Crippen LogP contribution in [0.15, 0.2) is 10.9 Å². The molecule has 1 aliphatic carbocycles. The maximum absolute atomic E-state index is 12.2. The van der Waals surface area contributed by atoms with Crippen LogP contribution in [0.25, 0.3) is 0 Å². The standard InChI is InChI=1S/C16H22N2O3/c1-10-4-5-14-11(7-10)8-13(16(20)18-14)15(19)17-9-12-3-2-6-21-12/h8,10,12H,2-7,9H2,1H3,(H,17,19)(H,18,20)/t10-,12+/m1/s1. The summed E-state index contributed by atoms with van der Waals surface area (Å²) >= 11 is 0. The molecule has 1 aliphatic heterocycles. The molecule has 114 valence electrons. The van der Waals surface area contributed by atoms with Gasteiger partial charge < -0.3 is 15.0 Å². The van der Waals surface area contributed by atoms with Crippen molar-refractivity contribution >= 4 is 5.91 Å². The zero-order valence-electron chi connectivity index (χ0n) is 12.4. The van der Waals surface area contributed by atoms with Gasteiger partial charge in [0.05, 0.1) is 6.10 Å². The molecule has 0 saturated carbocycles. The molecule has 1 aromatic rings. The Bertz CT molecular complexity index is 588. The molecule has 5 nitrogen and oxygen atoms in total. The molecule has 1 amide bonds. The minimum absolute atomic E-state index is 0.0886. The molecule has 0 unspecified atom stereocenters. The van der Waals surface area contributed by atoms with Crippen LogP contribution in [-0.4, -0.2) is 30.1 Å². The van der Waals surface area contributed by atoms with E-state index in [1.54, 1.807) is 6.07 Å². The zero-order chi connectivity index (χ0) is 14.8. The summed E-state index contributed by atoms with van der Waals surface area (Å²) in [6, 6.07) is 1.77. The molecule has 2 N–H and O–H groups in total. The zero-order valence-corrected chi connectivity index (χ0v) is 12.4. The number of H-pyrrole nitrogens is 1. The molecule has 2 aliphatic rings. The highest BCUT2D eigenvalue weighted by Crippen LogP contribution is 2.23. The summed E-state index contributed by atoms with van der Waals surface area (Å²) < 4.78 is 5.47. The predicted molar refractivity (Wildman–Crippen MR) is 79.6 cm³/mol. The Hall–Kier alpha value is -1.62. The van der Waals surface area contributed by atoms with E-state index < -0.39 is 0 Å². The van der Waals surface area contributed by atoms with Crippen LogP contribution in [0.5, 0.6) is 0 Å². The maximum Gasteiger partial charge on any atom is 0.261 e. The second kappa shape index (κ2) is 6.02. The number of pyridine rings is 1. The van der Waals surface area contributed by atoms with E-state index in [9.17, 15) is 9.59 Å². The van der Waals surface area contributed by atoms with Crippen molar-refractivity contribution in [3.8, 4) is 0 Å². The highest BCUT2D eigenvalue weighted by Gasteiger charge is 2.21. The van der Waals surface area contributed by atoms with Gasteiger partial charge in [0, 0.05) is 18.8 Å². The fourth-order valence-electron chi connectivity index (χ4n) is 3.16. The molecular weight excluding hydrogens is 268 g/mol. The number of fused-ring (bicyclic) bond motifs is 1. The van der Waals surface area contributed by atoms with Crippen LogP contribution in [0.1, 0.15) is 47.8 Å². The number of ether oxygens (including phenoxy) is 1. The van der Waals surface area contributed by atoms with Crippen molar-refractivity contribution in [3.05, 3.63) is 33.2 Å². The normalized spacial score (nSPS) is 24.6. The van der Waals surface area contributed by atoms with Gasteiger partial charge in [-0.25, -0.2) is 0 Å². The van der Waals surface area contributed by atoms with E-state index in [1.165, 1.54) is 0 Å². The molecule has 1 saturated heterocycles. The fraction of sp³-hybridized carbons (Fsp3) is 0.625. The number of hydrogen-bond acceptors (Lipinski definition) is 3. The fourth-order valence-corrected chi connectivity index (χ4v) is 3.16. The summed E-state index contributed by atoms with van der Waals surface area (Å²) in [4.78, 5) is 27.1. The number of aromatic amines is 1. The van der Waals surface area contributed by atoms with Crippen LogP contribution in [0.3, 0.4) is 0 Å². The third kappa shape index (κ3) is 3.18. The number of carbonyl (C=O) groups excluding carboxylic acids is 1. The largest absolute Gasteiger partial charge is 0.376 e. The number of nitrogens with one attached hydrogen (secondary N) is 2. The van der Waals surface area contributed by atoms with Crippen LogP contribution < -0.4 is 10.9 Å². The van der Waals surface area contributed by atoms with Crippen molar-refractivity contribution in [3.63, 3.8) is 0 Å². The van der Waals surface area contributed by atoms with Crippen LogP contribution in [0.2, 0.25) is 0 Å².